The van der Waals surface area contributed by atoms with Crippen LogP contribution < -0.4 is 0 Å². The van der Waals surface area contributed by atoms with Gasteiger partial charge in [-0.15, -0.1) is 0 Å². The first kappa shape index (κ1) is 12.6. The smallest absolute Gasteiger partial charge is 0.307 e. The number of carbonyl (C=O) groups is 1. The molecule has 1 unspecified atom stereocenters. The Morgan fingerprint density at radius 1 is 1.59 bits per heavy atom. The predicted molar refractivity (Wildman–Crippen MR) is 70.3 cm³/mol. The summed E-state index contributed by atoms with van der Waals surface area (Å²) in [5, 5.41) is 8.75. The molecule has 0 radical (unpaired) electrons. The van der Waals surface area contributed by atoms with Crippen molar-refractivity contribution in [2.24, 2.45) is 0 Å². The number of carboxylic acid groups (broad SMARTS) is 1. The summed E-state index contributed by atoms with van der Waals surface area (Å²) in [6, 6.07) is 5.92. The molecule has 1 fully saturated rings. The Balaban J connectivity index is 2.17. The summed E-state index contributed by atoms with van der Waals surface area (Å²) in [5.74, 6) is -0.224. The summed E-state index contributed by atoms with van der Waals surface area (Å²) < 4.78 is 1.04. The van der Waals surface area contributed by atoms with Gasteiger partial charge in [0.25, 0.3) is 0 Å². The first-order valence-electron chi connectivity index (χ1n) is 5.75. The zero-order valence-electron chi connectivity index (χ0n) is 9.82. The Kier molecular flexibility index (Phi) is 3.84. The van der Waals surface area contributed by atoms with E-state index in [1.807, 2.05) is 12.1 Å². The van der Waals surface area contributed by atoms with Gasteiger partial charge >= 0.3 is 5.97 Å². The van der Waals surface area contributed by atoms with Crippen molar-refractivity contribution in [1.29, 1.82) is 0 Å². The lowest BCUT2D eigenvalue weighted by atomic mass is 9.97. The highest BCUT2D eigenvalue weighted by Crippen LogP contribution is 2.32. The fourth-order valence-corrected chi connectivity index (χ4v) is 3.13. The van der Waals surface area contributed by atoms with Gasteiger partial charge in [-0.1, -0.05) is 28.1 Å². The average molecular weight is 298 g/mol. The number of likely N-dealkylation sites (N-methyl/N-ethyl adjacent to an activating group) is 1. The molecule has 17 heavy (non-hydrogen) atoms. The van der Waals surface area contributed by atoms with E-state index in [2.05, 4.69) is 33.9 Å². The van der Waals surface area contributed by atoms with E-state index < -0.39 is 5.97 Å². The average Bonchev–Trinajstić information content (AvgIpc) is 2.64. The second-order valence-corrected chi connectivity index (χ2v) is 5.53. The number of nitrogens with zero attached hydrogens (tertiary/aromatic N) is 1. The summed E-state index contributed by atoms with van der Waals surface area (Å²) in [6.45, 7) is 2.21. The minimum atomic E-state index is -0.787. The van der Waals surface area contributed by atoms with Crippen LogP contribution in [0.25, 0.3) is 0 Å². The van der Waals surface area contributed by atoms with E-state index in [1.54, 1.807) is 0 Å². The maximum absolute atomic E-state index is 10.6. The fraction of sp³-hybridized carbons (Fsp3) is 0.462. The Morgan fingerprint density at radius 3 is 2.88 bits per heavy atom. The number of hydrogen-bond acceptors (Lipinski definition) is 2. The van der Waals surface area contributed by atoms with E-state index in [0.29, 0.717) is 5.92 Å². The van der Waals surface area contributed by atoms with Crippen molar-refractivity contribution in [2.45, 2.75) is 18.8 Å². The minimum absolute atomic E-state index is 0.0868. The molecule has 1 heterocycles. The number of carboxylic acids is 1. The Labute approximate surface area is 110 Å². The standard InChI is InChI=1S/C13H16BrNO2/c1-15-5-4-10(8-15)11-3-2-9(6-12(11)14)7-13(16)17/h2-3,6,10H,4-5,7-8H2,1H3,(H,16,17). The summed E-state index contributed by atoms with van der Waals surface area (Å²) in [5.41, 5.74) is 2.14. The molecule has 1 aliphatic rings. The van der Waals surface area contributed by atoms with Gasteiger partial charge in [0, 0.05) is 11.0 Å². The van der Waals surface area contributed by atoms with Crippen molar-refractivity contribution in [1.82, 2.24) is 4.90 Å². The molecule has 2 rings (SSSR count). The summed E-state index contributed by atoms with van der Waals surface area (Å²) in [4.78, 5) is 13.0. The van der Waals surface area contributed by atoms with Crippen molar-refractivity contribution in [3.8, 4) is 0 Å². The van der Waals surface area contributed by atoms with Crippen LogP contribution in [0.2, 0.25) is 0 Å². The molecule has 0 spiro atoms. The molecule has 1 aliphatic heterocycles. The first-order valence-corrected chi connectivity index (χ1v) is 6.54. The molecule has 0 aromatic heterocycles. The largest absolute Gasteiger partial charge is 0.481 e. The molecule has 1 aromatic carbocycles. The van der Waals surface area contributed by atoms with Crippen molar-refractivity contribution in [2.75, 3.05) is 20.1 Å². The van der Waals surface area contributed by atoms with Crippen LogP contribution in [0.15, 0.2) is 22.7 Å². The lowest BCUT2D eigenvalue weighted by Crippen LogP contribution is -2.13. The number of likely N-dealkylation sites (tertiary alicyclic amines) is 1. The maximum atomic E-state index is 10.6. The fourth-order valence-electron chi connectivity index (χ4n) is 2.38. The highest BCUT2D eigenvalue weighted by Gasteiger charge is 2.22. The maximum Gasteiger partial charge on any atom is 0.307 e. The van der Waals surface area contributed by atoms with Gasteiger partial charge in [-0.25, -0.2) is 0 Å². The van der Waals surface area contributed by atoms with Crippen LogP contribution in [-0.4, -0.2) is 36.1 Å². The molecule has 1 N–H and O–H groups in total. The highest BCUT2D eigenvalue weighted by atomic mass is 79.9. The molecule has 0 saturated carbocycles. The van der Waals surface area contributed by atoms with Gasteiger partial charge in [0.1, 0.15) is 0 Å². The second-order valence-electron chi connectivity index (χ2n) is 4.67. The van der Waals surface area contributed by atoms with E-state index >= 15 is 0 Å². The normalized spacial score (nSPS) is 20.7. The van der Waals surface area contributed by atoms with Crippen LogP contribution in [0.4, 0.5) is 0 Å². The summed E-state index contributed by atoms with van der Waals surface area (Å²) in [7, 11) is 2.13. The van der Waals surface area contributed by atoms with Crippen LogP contribution in [0.1, 0.15) is 23.5 Å². The minimum Gasteiger partial charge on any atom is -0.481 e. The van der Waals surface area contributed by atoms with Crippen LogP contribution in [-0.2, 0) is 11.2 Å². The van der Waals surface area contributed by atoms with Gasteiger partial charge in [0.05, 0.1) is 6.42 Å². The van der Waals surface area contributed by atoms with E-state index in [0.717, 1.165) is 23.1 Å². The van der Waals surface area contributed by atoms with E-state index in [4.69, 9.17) is 5.11 Å². The molecule has 92 valence electrons. The molecular formula is C13H16BrNO2. The van der Waals surface area contributed by atoms with Crippen LogP contribution in [0, 0.1) is 0 Å². The van der Waals surface area contributed by atoms with Crippen LogP contribution in [0.5, 0.6) is 0 Å². The molecule has 1 saturated heterocycles. The Morgan fingerprint density at radius 2 is 2.35 bits per heavy atom. The third-order valence-electron chi connectivity index (χ3n) is 3.25. The van der Waals surface area contributed by atoms with Gasteiger partial charge < -0.3 is 10.0 Å². The van der Waals surface area contributed by atoms with Gasteiger partial charge in [0.15, 0.2) is 0 Å². The molecule has 0 amide bonds. The third kappa shape index (κ3) is 3.07. The number of halogens is 1. The van der Waals surface area contributed by atoms with Gasteiger partial charge in [-0.05, 0) is 43.1 Å². The van der Waals surface area contributed by atoms with Crippen LogP contribution in [0.3, 0.4) is 0 Å². The van der Waals surface area contributed by atoms with Gasteiger partial charge in [-0.2, -0.15) is 0 Å². The number of aliphatic carboxylic acids is 1. The van der Waals surface area contributed by atoms with Crippen molar-refractivity contribution < 1.29 is 9.90 Å². The quantitative estimate of drug-likeness (QED) is 0.932. The number of hydrogen-bond donors (Lipinski definition) is 1. The SMILES string of the molecule is CN1CCC(c2ccc(CC(=O)O)cc2Br)C1. The van der Waals surface area contributed by atoms with Gasteiger partial charge in [0.2, 0.25) is 0 Å². The molecule has 0 aliphatic carbocycles. The second kappa shape index (κ2) is 5.19. The van der Waals surface area contributed by atoms with Crippen molar-refractivity contribution in [3.63, 3.8) is 0 Å². The van der Waals surface area contributed by atoms with Crippen molar-refractivity contribution >= 4 is 21.9 Å². The lowest BCUT2D eigenvalue weighted by molar-refractivity contribution is -0.136. The number of benzene rings is 1. The molecule has 1 atom stereocenters. The molecular weight excluding hydrogens is 282 g/mol. The van der Waals surface area contributed by atoms with Crippen LogP contribution >= 0.6 is 15.9 Å². The zero-order valence-corrected chi connectivity index (χ0v) is 11.4. The monoisotopic (exact) mass is 297 g/mol. The highest BCUT2D eigenvalue weighted by molar-refractivity contribution is 9.10. The molecule has 3 nitrogen and oxygen atoms in total. The summed E-state index contributed by atoms with van der Waals surface area (Å²) in [6.07, 6.45) is 1.26. The Bertz CT molecular complexity index is 433. The lowest BCUT2D eigenvalue weighted by Gasteiger charge is -2.13. The molecule has 4 heteroatoms. The third-order valence-corrected chi connectivity index (χ3v) is 3.94. The predicted octanol–water partition coefficient (Wildman–Crippen LogP) is 2.50. The van der Waals surface area contributed by atoms with Crippen molar-refractivity contribution in [3.05, 3.63) is 33.8 Å². The molecule has 1 aromatic rings. The van der Waals surface area contributed by atoms with E-state index in [1.165, 1.54) is 12.0 Å². The summed E-state index contributed by atoms with van der Waals surface area (Å²) >= 11 is 3.56. The topological polar surface area (TPSA) is 40.5 Å². The first-order chi connectivity index (χ1) is 8.06. The number of rotatable bonds is 3. The molecule has 0 bridgehead atoms. The van der Waals surface area contributed by atoms with Gasteiger partial charge in [-0.3, -0.25) is 4.79 Å². The van der Waals surface area contributed by atoms with E-state index in [9.17, 15) is 4.79 Å². The zero-order chi connectivity index (χ0) is 12.4. The Hall–Kier alpha value is -0.870. The van der Waals surface area contributed by atoms with E-state index in [-0.39, 0.29) is 6.42 Å².